The molecule has 1 aromatic heterocycles. The number of rotatable bonds is 2. The van der Waals surface area contributed by atoms with Gasteiger partial charge in [0.25, 0.3) is 0 Å². The molecule has 5 heteroatoms. The highest BCUT2D eigenvalue weighted by Crippen LogP contribution is 2.48. The quantitative estimate of drug-likeness (QED) is 0.725. The number of aromatic nitrogens is 2. The van der Waals surface area contributed by atoms with Crippen LogP contribution < -0.4 is 5.32 Å². The molecule has 23 heavy (non-hydrogen) atoms. The third-order valence-corrected chi connectivity index (χ3v) is 5.99. The number of nitrogens with one attached hydrogen (secondary N) is 1. The summed E-state index contributed by atoms with van der Waals surface area (Å²) < 4.78 is 2.72. The van der Waals surface area contributed by atoms with Gasteiger partial charge in [-0.05, 0) is 57.8 Å². The smallest absolute Gasteiger partial charge is 0.115 e. The van der Waals surface area contributed by atoms with Crippen molar-refractivity contribution in [2.75, 3.05) is 5.32 Å². The average molecular weight is 392 g/mol. The van der Waals surface area contributed by atoms with Gasteiger partial charge >= 0.3 is 0 Å². The fourth-order valence-corrected chi connectivity index (χ4v) is 4.90. The molecule has 3 rings (SSSR count). The molecule has 1 atom stereocenters. The van der Waals surface area contributed by atoms with E-state index in [-0.39, 0.29) is 5.41 Å². The summed E-state index contributed by atoms with van der Waals surface area (Å²) in [6, 6.07) is 6.50. The summed E-state index contributed by atoms with van der Waals surface area (Å²) in [7, 11) is 1.91. The number of thiocarbonyl (C=S) groups is 1. The molecule has 122 valence electrons. The minimum Gasteiger partial charge on any atom is -0.346 e. The standard InChI is InChI=1S/C18H22BrN3S/c1-10-9-18(3,4)12-7-6-8-13(14(10)12)20-17(23)15-11(2)21-22(5)16(15)19/h6-8,10H,9H2,1-5H3,(H,20,23). The van der Waals surface area contributed by atoms with E-state index in [9.17, 15) is 0 Å². The van der Waals surface area contributed by atoms with Gasteiger partial charge in [-0.15, -0.1) is 0 Å². The Bertz CT molecular complexity index is 792. The predicted octanol–water partition coefficient (Wildman–Crippen LogP) is 5.06. The summed E-state index contributed by atoms with van der Waals surface area (Å²) in [5.41, 5.74) is 6.07. The van der Waals surface area contributed by atoms with Crippen LogP contribution in [-0.2, 0) is 12.5 Å². The minimum absolute atomic E-state index is 0.221. The minimum atomic E-state index is 0.221. The van der Waals surface area contributed by atoms with Crippen LogP contribution in [0.3, 0.4) is 0 Å². The van der Waals surface area contributed by atoms with Crippen LogP contribution in [0.15, 0.2) is 22.8 Å². The maximum Gasteiger partial charge on any atom is 0.115 e. The summed E-state index contributed by atoms with van der Waals surface area (Å²) in [5, 5.41) is 7.90. The molecule has 0 fully saturated rings. The summed E-state index contributed by atoms with van der Waals surface area (Å²) in [4.78, 5) is 0.716. The van der Waals surface area contributed by atoms with E-state index < -0.39 is 0 Å². The van der Waals surface area contributed by atoms with Gasteiger partial charge in [-0.3, -0.25) is 4.68 Å². The van der Waals surface area contributed by atoms with E-state index in [2.05, 4.69) is 65.3 Å². The number of nitrogens with zero attached hydrogens (tertiary/aromatic N) is 2. The molecule has 0 aliphatic heterocycles. The zero-order valence-corrected chi connectivity index (χ0v) is 16.6. The number of hydrogen-bond donors (Lipinski definition) is 1. The Labute approximate surface area is 151 Å². The zero-order valence-electron chi connectivity index (χ0n) is 14.2. The van der Waals surface area contributed by atoms with Crippen molar-refractivity contribution in [3.05, 3.63) is 45.2 Å². The van der Waals surface area contributed by atoms with Crippen LogP contribution in [0, 0.1) is 6.92 Å². The fourth-order valence-electron chi connectivity index (χ4n) is 3.85. The summed E-state index contributed by atoms with van der Waals surface area (Å²) in [6.07, 6.45) is 1.17. The van der Waals surface area contributed by atoms with E-state index in [1.54, 1.807) is 4.68 Å². The Morgan fingerprint density at radius 3 is 2.74 bits per heavy atom. The highest BCUT2D eigenvalue weighted by Gasteiger charge is 2.36. The highest BCUT2D eigenvalue weighted by molar-refractivity contribution is 9.10. The van der Waals surface area contributed by atoms with Crippen LogP contribution in [0.25, 0.3) is 0 Å². The van der Waals surface area contributed by atoms with Crippen molar-refractivity contribution in [2.24, 2.45) is 7.05 Å². The Morgan fingerprint density at radius 1 is 1.43 bits per heavy atom. The van der Waals surface area contributed by atoms with Crippen molar-refractivity contribution < 1.29 is 0 Å². The van der Waals surface area contributed by atoms with Crippen LogP contribution in [-0.4, -0.2) is 14.8 Å². The Kier molecular flexibility index (Phi) is 4.13. The van der Waals surface area contributed by atoms with Crippen LogP contribution >= 0.6 is 28.1 Å². The maximum absolute atomic E-state index is 5.66. The Morgan fingerprint density at radius 2 is 2.13 bits per heavy atom. The lowest BCUT2D eigenvalue weighted by molar-refractivity contribution is 0.489. The van der Waals surface area contributed by atoms with Crippen molar-refractivity contribution in [1.29, 1.82) is 0 Å². The van der Waals surface area contributed by atoms with Crippen molar-refractivity contribution >= 4 is 38.8 Å². The van der Waals surface area contributed by atoms with Crippen LogP contribution in [0.2, 0.25) is 0 Å². The van der Waals surface area contributed by atoms with Gasteiger partial charge in [0.15, 0.2) is 0 Å². The van der Waals surface area contributed by atoms with Crippen molar-refractivity contribution in [3.8, 4) is 0 Å². The van der Waals surface area contributed by atoms with Gasteiger partial charge in [0.2, 0.25) is 0 Å². The van der Waals surface area contributed by atoms with E-state index in [1.165, 1.54) is 17.5 Å². The average Bonchev–Trinajstić information content (AvgIpc) is 2.84. The first-order valence-electron chi connectivity index (χ1n) is 7.86. The maximum atomic E-state index is 5.66. The van der Waals surface area contributed by atoms with E-state index >= 15 is 0 Å². The summed E-state index contributed by atoms with van der Waals surface area (Å²) in [6.45, 7) is 8.92. The lowest BCUT2D eigenvalue weighted by atomic mass is 9.86. The molecular weight excluding hydrogens is 370 g/mol. The van der Waals surface area contributed by atoms with Gasteiger partial charge in [-0.1, -0.05) is 45.1 Å². The molecule has 2 aromatic rings. The third kappa shape index (κ3) is 2.74. The monoisotopic (exact) mass is 391 g/mol. The second kappa shape index (κ2) is 5.71. The molecule has 1 aliphatic carbocycles. The van der Waals surface area contributed by atoms with Crippen LogP contribution in [0.4, 0.5) is 5.69 Å². The molecule has 1 aromatic carbocycles. The molecule has 3 nitrogen and oxygen atoms in total. The first kappa shape index (κ1) is 16.7. The molecule has 1 heterocycles. The van der Waals surface area contributed by atoms with Crippen LogP contribution in [0.1, 0.15) is 55.5 Å². The van der Waals surface area contributed by atoms with Crippen molar-refractivity contribution in [1.82, 2.24) is 9.78 Å². The predicted molar refractivity (Wildman–Crippen MR) is 103 cm³/mol. The van der Waals surface area contributed by atoms with Gasteiger partial charge in [0.1, 0.15) is 9.59 Å². The van der Waals surface area contributed by atoms with E-state index in [4.69, 9.17) is 12.2 Å². The molecule has 0 amide bonds. The van der Waals surface area contributed by atoms with Crippen molar-refractivity contribution in [2.45, 2.75) is 45.4 Å². The molecule has 0 spiro atoms. The number of benzene rings is 1. The molecular formula is C18H22BrN3S. The molecule has 0 saturated carbocycles. The lowest BCUT2D eigenvalue weighted by Gasteiger charge is -2.19. The number of aryl methyl sites for hydroxylation is 2. The second-order valence-corrected chi connectivity index (χ2v) is 8.24. The molecule has 1 unspecified atom stereocenters. The Hall–Kier alpha value is -1.20. The normalized spacial score (nSPS) is 18.8. The summed E-state index contributed by atoms with van der Waals surface area (Å²) >= 11 is 9.24. The summed E-state index contributed by atoms with van der Waals surface area (Å²) in [5.74, 6) is 0.532. The largest absolute Gasteiger partial charge is 0.346 e. The Balaban J connectivity index is 1.99. The SMILES string of the molecule is Cc1nn(C)c(Br)c1C(=S)Nc1cccc2c1C(C)CC2(C)C. The van der Waals surface area contributed by atoms with Gasteiger partial charge < -0.3 is 5.32 Å². The molecule has 0 saturated heterocycles. The number of hydrogen-bond acceptors (Lipinski definition) is 2. The first-order chi connectivity index (χ1) is 10.7. The molecule has 0 bridgehead atoms. The molecule has 0 radical (unpaired) electrons. The number of fused-ring (bicyclic) bond motifs is 1. The molecule has 1 N–H and O–H groups in total. The number of anilines is 1. The zero-order chi connectivity index (χ0) is 16.9. The van der Waals surface area contributed by atoms with Gasteiger partial charge in [-0.25, -0.2) is 0 Å². The second-order valence-electron chi connectivity index (χ2n) is 7.08. The highest BCUT2D eigenvalue weighted by atomic mass is 79.9. The third-order valence-electron chi connectivity index (χ3n) is 4.77. The van der Waals surface area contributed by atoms with E-state index in [1.807, 2.05) is 14.0 Å². The fraction of sp³-hybridized carbons (Fsp3) is 0.444. The van der Waals surface area contributed by atoms with Gasteiger partial charge in [0, 0.05) is 12.7 Å². The molecule has 1 aliphatic rings. The topological polar surface area (TPSA) is 29.9 Å². The lowest BCUT2D eigenvalue weighted by Crippen LogP contribution is -2.15. The van der Waals surface area contributed by atoms with Gasteiger partial charge in [0.05, 0.1) is 11.3 Å². The first-order valence-corrected chi connectivity index (χ1v) is 9.06. The number of halogens is 1. The van der Waals surface area contributed by atoms with Gasteiger partial charge in [-0.2, -0.15) is 5.10 Å². The van der Waals surface area contributed by atoms with Crippen LogP contribution in [0.5, 0.6) is 0 Å². The van der Waals surface area contributed by atoms with Crippen molar-refractivity contribution in [3.63, 3.8) is 0 Å². The van der Waals surface area contributed by atoms with E-state index in [0.717, 1.165) is 21.5 Å². The van der Waals surface area contributed by atoms with E-state index in [0.29, 0.717) is 10.9 Å².